The second-order valence-corrected chi connectivity index (χ2v) is 15.6. The van der Waals surface area contributed by atoms with Crippen molar-refractivity contribution >= 4 is 35.0 Å². The molecule has 0 spiro atoms. The molecular weight excluding hydrogens is 616 g/mol. The van der Waals surface area contributed by atoms with Crippen LogP contribution in [0.25, 0.3) is 10.4 Å². The number of esters is 1. The number of unbranched alkanes of at least 4 members (excludes halogenated alkanes) is 4. The summed E-state index contributed by atoms with van der Waals surface area (Å²) < 4.78 is 5.33. The summed E-state index contributed by atoms with van der Waals surface area (Å²) in [5.74, 6) is -1.13. The van der Waals surface area contributed by atoms with Gasteiger partial charge in [-0.05, 0) is 64.0 Å². The number of thiazole rings is 1. The average Bonchev–Trinajstić information content (AvgIpc) is 3.58. The van der Waals surface area contributed by atoms with E-state index in [9.17, 15) is 24.3 Å². The number of ether oxygens (including phenoxy) is 1. The first-order valence-electron chi connectivity index (χ1n) is 16.8. The van der Waals surface area contributed by atoms with Crippen LogP contribution in [0.5, 0.6) is 0 Å². The Morgan fingerprint density at radius 3 is 2.17 bits per heavy atom. The van der Waals surface area contributed by atoms with E-state index >= 15 is 0 Å². The standard InChI is InChI=1S/C36H54N4O6S/c1-23(25-16-18-26(19-17-25)31-24(2)37-22-47-31)38-33(44)28-20-27(41)21-40(28)34(45)32(35(3,4)5)39-29(42)14-12-10-9-11-13-15-30(43)46-36(6,7)8/h16-19,22-23,27-28,32,41H,9-15,20-21H2,1-8H3,(H,38,44)(H,39,42). The van der Waals surface area contributed by atoms with Gasteiger partial charge in [0.05, 0.1) is 28.2 Å². The Kier molecular flexibility index (Phi) is 13.5. The summed E-state index contributed by atoms with van der Waals surface area (Å²) in [5, 5.41) is 16.5. The molecule has 1 saturated heterocycles. The van der Waals surface area contributed by atoms with Crippen LogP contribution >= 0.6 is 11.3 Å². The third kappa shape index (κ3) is 11.7. The van der Waals surface area contributed by atoms with Crippen molar-refractivity contribution < 1.29 is 29.0 Å². The van der Waals surface area contributed by atoms with Gasteiger partial charge in [-0.2, -0.15) is 0 Å². The number of amides is 3. The van der Waals surface area contributed by atoms with Gasteiger partial charge >= 0.3 is 5.97 Å². The maximum Gasteiger partial charge on any atom is 0.306 e. The molecule has 2 heterocycles. The van der Waals surface area contributed by atoms with Gasteiger partial charge < -0.3 is 25.4 Å². The molecule has 0 bridgehead atoms. The normalized spacial score (nSPS) is 18.0. The van der Waals surface area contributed by atoms with Crippen LogP contribution in [-0.4, -0.2) is 69.0 Å². The van der Waals surface area contributed by atoms with Gasteiger partial charge in [-0.3, -0.25) is 19.2 Å². The highest BCUT2D eigenvalue weighted by Crippen LogP contribution is 2.29. The molecule has 3 N–H and O–H groups in total. The zero-order valence-electron chi connectivity index (χ0n) is 29.4. The first kappa shape index (κ1) is 38.1. The van der Waals surface area contributed by atoms with Gasteiger partial charge in [-0.1, -0.05) is 64.3 Å². The van der Waals surface area contributed by atoms with Crippen molar-refractivity contribution in [1.82, 2.24) is 20.5 Å². The van der Waals surface area contributed by atoms with Gasteiger partial charge in [0, 0.05) is 25.8 Å². The molecule has 3 amide bonds. The lowest BCUT2D eigenvalue weighted by molar-refractivity contribution is -0.155. The van der Waals surface area contributed by atoms with Crippen LogP contribution in [0, 0.1) is 12.3 Å². The van der Waals surface area contributed by atoms with Gasteiger partial charge in [0.1, 0.15) is 17.7 Å². The van der Waals surface area contributed by atoms with Gasteiger partial charge in [0.2, 0.25) is 17.7 Å². The highest BCUT2D eigenvalue weighted by molar-refractivity contribution is 7.13. The Morgan fingerprint density at radius 2 is 1.60 bits per heavy atom. The summed E-state index contributed by atoms with van der Waals surface area (Å²) in [6, 6.07) is 5.95. The van der Waals surface area contributed by atoms with Crippen molar-refractivity contribution in [1.29, 1.82) is 0 Å². The van der Waals surface area contributed by atoms with E-state index in [1.807, 2.05) is 85.2 Å². The number of hydrogen-bond acceptors (Lipinski definition) is 8. The predicted octanol–water partition coefficient (Wildman–Crippen LogP) is 5.86. The number of benzene rings is 1. The average molecular weight is 671 g/mol. The minimum absolute atomic E-state index is 0.0277. The molecule has 4 unspecified atom stereocenters. The number of β-amino-alcohol motifs (C(OH)–C–C–N with tert-alkyl or cyclic N) is 1. The second kappa shape index (κ2) is 16.7. The molecule has 1 fully saturated rings. The van der Waals surface area contributed by atoms with Gasteiger partial charge in [0.25, 0.3) is 0 Å². The van der Waals surface area contributed by atoms with Crippen LogP contribution in [0.2, 0.25) is 0 Å². The van der Waals surface area contributed by atoms with Crippen LogP contribution in [-0.2, 0) is 23.9 Å². The van der Waals surface area contributed by atoms with Crippen molar-refractivity contribution in [3.05, 3.63) is 41.0 Å². The summed E-state index contributed by atoms with van der Waals surface area (Å²) in [5.41, 5.74) is 3.68. The molecule has 1 aromatic heterocycles. The zero-order valence-corrected chi connectivity index (χ0v) is 30.2. The van der Waals surface area contributed by atoms with Crippen LogP contribution in [0.15, 0.2) is 29.8 Å². The number of carbonyl (C=O) groups excluding carboxylic acids is 4. The predicted molar refractivity (Wildman–Crippen MR) is 185 cm³/mol. The Morgan fingerprint density at radius 1 is 0.979 bits per heavy atom. The van der Waals surface area contributed by atoms with E-state index < -0.39 is 29.2 Å². The molecule has 10 nitrogen and oxygen atoms in total. The second-order valence-electron chi connectivity index (χ2n) is 14.7. The summed E-state index contributed by atoms with van der Waals surface area (Å²) in [6.45, 7) is 15.1. The molecule has 0 aliphatic carbocycles. The summed E-state index contributed by atoms with van der Waals surface area (Å²) in [7, 11) is 0. The zero-order chi connectivity index (χ0) is 34.9. The Bertz CT molecular complexity index is 1360. The first-order valence-corrected chi connectivity index (χ1v) is 17.6. The molecule has 1 aliphatic rings. The largest absolute Gasteiger partial charge is 0.460 e. The molecule has 0 radical (unpaired) electrons. The summed E-state index contributed by atoms with van der Waals surface area (Å²) in [4.78, 5) is 59.0. The first-order chi connectivity index (χ1) is 22.0. The molecule has 260 valence electrons. The van der Waals surface area contributed by atoms with Crippen LogP contribution < -0.4 is 10.6 Å². The molecule has 3 rings (SSSR count). The molecule has 2 aromatic rings. The van der Waals surface area contributed by atoms with Gasteiger partial charge in [-0.25, -0.2) is 4.98 Å². The number of nitrogens with one attached hydrogen (secondary N) is 2. The van der Waals surface area contributed by atoms with E-state index in [2.05, 4.69) is 15.6 Å². The van der Waals surface area contributed by atoms with Crippen molar-refractivity contribution in [2.45, 2.75) is 137 Å². The van der Waals surface area contributed by atoms with E-state index in [-0.39, 0.29) is 49.1 Å². The van der Waals surface area contributed by atoms with Crippen molar-refractivity contribution in [2.75, 3.05) is 6.54 Å². The highest BCUT2D eigenvalue weighted by atomic mass is 32.1. The molecule has 4 atom stereocenters. The van der Waals surface area contributed by atoms with E-state index in [4.69, 9.17) is 4.74 Å². The van der Waals surface area contributed by atoms with Crippen LogP contribution in [0.4, 0.5) is 0 Å². The van der Waals surface area contributed by atoms with Crippen molar-refractivity contribution in [3.8, 4) is 10.4 Å². The van der Waals surface area contributed by atoms with E-state index in [0.29, 0.717) is 12.8 Å². The number of aliphatic hydroxyl groups excluding tert-OH is 1. The fourth-order valence-electron chi connectivity index (χ4n) is 5.73. The van der Waals surface area contributed by atoms with Crippen LogP contribution in [0.1, 0.15) is 117 Å². The molecule has 1 aliphatic heterocycles. The fraction of sp³-hybridized carbons (Fsp3) is 0.639. The molecule has 1 aromatic carbocycles. The maximum absolute atomic E-state index is 13.9. The number of likely N-dealkylation sites (tertiary alicyclic amines) is 1. The highest BCUT2D eigenvalue weighted by Gasteiger charge is 2.44. The third-order valence-electron chi connectivity index (χ3n) is 8.26. The van der Waals surface area contributed by atoms with Gasteiger partial charge in [0.15, 0.2) is 0 Å². The molecule has 0 saturated carbocycles. The monoisotopic (exact) mass is 670 g/mol. The van der Waals surface area contributed by atoms with E-state index in [1.165, 1.54) is 4.90 Å². The SMILES string of the molecule is Cc1ncsc1-c1ccc(C(C)NC(=O)C2CC(O)CN2C(=O)C(NC(=O)CCCCCCCC(=O)OC(C)(C)C)C(C)(C)C)cc1. The van der Waals surface area contributed by atoms with Gasteiger partial charge in [-0.15, -0.1) is 11.3 Å². The molecular formula is C36H54N4O6S. The number of rotatable bonds is 14. The van der Waals surface area contributed by atoms with E-state index in [0.717, 1.165) is 47.4 Å². The smallest absolute Gasteiger partial charge is 0.306 e. The van der Waals surface area contributed by atoms with Crippen LogP contribution in [0.3, 0.4) is 0 Å². The van der Waals surface area contributed by atoms with Crippen molar-refractivity contribution in [3.63, 3.8) is 0 Å². The maximum atomic E-state index is 13.9. The number of hydrogen-bond donors (Lipinski definition) is 3. The Balaban J connectivity index is 1.52. The fourth-order valence-corrected chi connectivity index (χ4v) is 6.54. The lowest BCUT2D eigenvalue weighted by Gasteiger charge is -2.35. The topological polar surface area (TPSA) is 138 Å². The molecule has 11 heteroatoms. The number of nitrogens with zero attached hydrogens (tertiary/aromatic N) is 2. The van der Waals surface area contributed by atoms with Crippen molar-refractivity contribution in [2.24, 2.45) is 5.41 Å². The quantitative estimate of drug-likeness (QED) is 0.169. The minimum Gasteiger partial charge on any atom is -0.460 e. The summed E-state index contributed by atoms with van der Waals surface area (Å²) >= 11 is 1.58. The number of aliphatic hydroxyl groups is 1. The van der Waals surface area contributed by atoms with E-state index in [1.54, 1.807) is 11.3 Å². The Hall–Kier alpha value is -3.31. The summed E-state index contributed by atoms with van der Waals surface area (Å²) in [6.07, 6.45) is 3.98. The Labute approximate surface area is 284 Å². The lowest BCUT2D eigenvalue weighted by atomic mass is 9.85. The third-order valence-corrected chi connectivity index (χ3v) is 9.24. The number of carbonyl (C=O) groups is 4. The molecule has 47 heavy (non-hydrogen) atoms. The number of aryl methyl sites for hydroxylation is 1. The number of aromatic nitrogens is 1. The lowest BCUT2D eigenvalue weighted by Crippen LogP contribution is -2.57. The minimum atomic E-state index is -0.857.